The van der Waals surface area contributed by atoms with Crippen LogP contribution in [0.25, 0.3) is 0 Å². The number of hydrogen-bond donors (Lipinski definition) is 2. The molecule has 130 valence electrons. The predicted molar refractivity (Wildman–Crippen MR) is 99.0 cm³/mol. The molecule has 1 aliphatic heterocycles. The van der Waals surface area contributed by atoms with Crippen molar-refractivity contribution in [1.29, 1.82) is 0 Å². The van der Waals surface area contributed by atoms with E-state index in [-0.39, 0.29) is 23.5 Å². The van der Waals surface area contributed by atoms with Crippen molar-refractivity contribution >= 4 is 17.5 Å². The smallest absolute Gasteiger partial charge is 0.223 e. The maximum atomic E-state index is 12.2. The molecule has 4 atom stereocenters. The van der Waals surface area contributed by atoms with Crippen molar-refractivity contribution < 1.29 is 9.90 Å². The van der Waals surface area contributed by atoms with Gasteiger partial charge in [-0.25, -0.2) is 0 Å². The van der Waals surface area contributed by atoms with E-state index in [1.165, 1.54) is 16.7 Å². The summed E-state index contributed by atoms with van der Waals surface area (Å²) < 4.78 is 0. The molecule has 1 aliphatic carbocycles. The van der Waals surface area contributed by atoms with E-state index >= 15 is 0 Å². The molecular weight excluding hydrogens is 334 g/mol. The van der Waals surface area contributed by atoms with Crippen molar-refractivity contribution in [2.24, 2.45) is 11.8 Å². The largest absolute Gasteiger partial charge is 0.508 e. The summed E-state index contributed by atoms with van der Waals surface area (Å²) in [6, 6.07) is 13.6. The van der Waals surface area contributed by atoms with Gasteiger partial charge in [-0.3, -0.25) is 4.79 Å². The number of rotatable bonds is 2. The lowest BCUT2D eigenvalue weighted by Gasteiger charge is -2.40. The maximum Gasteiger partial charge on any atom is 0.223 e. The summed E-state index contributed by atoms with van der Waals surface area (Å²) in [5, 5.41) is 13.5. The molecule has 0 spiro atoms. The first-order chi connectivity index (χ1) is 12.0. The molecule has 4 heteroatoms. The van der Waals surface area contributed by atoms with E-state index in [4.69, 9.17) is 11.6 Å². The van der Waals surface area contributed by atoms with Crippen LogP contribution in [0.1, 0.15) is 41.4 Å². The van der Waals surface area contributed by atoms with Gasteiger partial charge in [0.2, 0.25) is 5.91 Å². The van der Waals surface area contributed by atoms with E-state index < -0.39 is 0 Å². The Morgan fingerprint density at radius 2 is 1.80 bits per heavy atom. The van der Waals surface area contributed by atoms with Crippen LogP contribution in [0.4, 0.5) is 0 Å². The van der Waals surface area contributed by atoms with Gasteiger partial charge in [-0.2, -0.15) is 0 Å². The Balaban J connectivity index is 1.78. The highest BCUT2D eigenvalue weighted by Gasteiger charge is 2.47. The summed E-state index contributed by atoms with van der Waals surface area (Å²) in [4.78, 5) is 12.2. The summed E-state index contributed by atoms with van der Waals surface area (Å²) in [5.41, 5.74) is 3.72. The third kappa shape index (κ3) is 2.91. The normalized spacial score (nSPS) is 28.5. The third-order valence-corrected chi connectivity index (χ3v) is 6.19. The van der Waals surface area contributed by atoms with Crippen molar-refractivity contribution in [2.45, 2.75) is 31.6 Å². The van der Waals surface area contributed by atoms with Gasteiger partial charge in [0.25, 0.3) is 0 Å². The Labute approximate surface area is 153 Å². The fraction of sp³-hybridized carbons (Fsp3) is 0.381. The maximum absolute atomic E-state index is 12.2. The number of hydrogen-bond acceptors (Lipinski definition) is 2. The Morgan fingerprint density at radius 3 is 2.52 bits per heavy atom. The fourth-order valence-electron chi connectivity index (χ4n) is 4.83. The molecule has 4 unspecified atom stereocenters. The number of aromatic hydroxyl groups is 1. The molecule has 2 aliphatic rings. The van der Waals surface area contributed by atoms with Gasteiger partial charge >= 0.3 is 0 Å². The van der Waals surface area contributed by atoms with Gasteiger partial charge in [0.15, 0.2) is 0 Å². The zero-order valence-corrected chi connectivity index (χ0v) is 15.0. The summed E-state index contributed by atoms with van der Waals surface area (Å²) in [7, 11) is 0. The number of halogens is 1. The van der Waals surface area contributed by atoms with Crippen LogP contribution >= 0.6 is 11.6 Å². The highest BCUT2D eigenvalue weighted by molar-refractivity contribution is 6.30. The number of carbonyl (C=O) groups is 1. The number of amides is 1. The molecule has 1 heterocycles. The lowest BCUT2D eigenvalue weighted by molar-refractivity contribution is -0.123. The van der Waals surface area contributed by atoms with Gasteiger partial charge in [-0.1, -0.05) is 29.8 Å². The first kappa shape index (κ1) is 16.5. The number of phenolic OH excluding ortho intramolecular Hbond substituents is 1. The molecule has 0 aromatic heterocycles. The highest BCUT2D eigenvalue weighted by atomic mass is 35.5. The van der Waals surface area contributed by atoms with Crippen molar-refractivity contribution in [1.82, 2.24) is 5.32 Å². The molecule has 1 amide bonds. The number of benzene rings is 2. The van der Waals surface area contributed by atoms with Crippen LogP contribution in [0, 0.1) is 18.8 Å². The quantitative estimate of drug-likeness (QED) is 0.840. The molecule has 1 saturated heterocycles. The Hall–Kier alpha value is -2.00. The van der Waals surface area contributed by atoms with Gasteiger partial charge in [-0.05, 0) is 78.5 Å². The summed E-state index contributed by atoms with van der Waals surface area (Å²) >= 11 is 6.15. The van der Waals surface area contributed by atoms with E-state index in [0.717, 1.165) is 24.4 Å². The average molecular weight is 356 g/mol. The number of fused-ring (bicyclic) bond motifs is 1. The van der Waals surface area contributed by atoms with Gasteiger partial charge in [0.05, 0.1) is 0 Å². The average Bonchev–Trinajstić information content (AvgIpc) is 2.97. The Kier molecular flexibility index (Phi) is 4.20. The van der Waals surface area contributed by atoms with Crippen molar-refractivity contribution in [2.75, 3.05) is 6.54 Å². The zero-order valence-electron chi connectivity index (χ0n) is 14.2. The van der Waals surface area contributed by atoms with Crippen molar-refractivity contribution in [3.05, 3.63) is 64.2 Å². The molecule has 0 bridgehead atoms. The summed E-state index contributed by atoms with van der Waals surface area (Å²) in [6.07, 6.45) is 1.92. The SMILES string of the molecule is Cc1cc(Cl)ccc1C1CCC2C(=O)NCC2C1c1ccc(O)cc1. The Morgan fingerprint density at radius 1 is 1.08 bits per heavy atom. The van der Waals surface area contributed by atoms with Crippen LogP contribution in [-0.2, 0) is 4.79 Å². The molecule has 3 nitrogen and oxygen atoms in total. The minimum Gasteiger partial charge on any atom is -0.508 e. The first-order valence-corrected chi connectivity index (χ1v) is 9.25. The van der Waals surface area contributed by atoms with Crippen molar-refractivity contribution in [3.63, 3.8) is 0 Å². The monoisotopic (exact) mass is 355 g/mol. The molecule has 25 heavy (non-hydrogen) atoms. The predicted octanol–water partition coefficient (Wildman–Crippen LogP) is 4.38. The molecule has 4 rings (SSSR count). The molecule has 2 aromatic rings. The van der Waals surface area contributed by atoms with E-state index in [2.05, 4.69) is 18.3 Å². The van der Waals surface area contributed by atoms with Gasteiger partial charge in [0.1, 0.15) is 5.75 Å². The van der Waals surface area contributed by atoms with E-state index in [1.54, 1.807) is 12.1 Å². The van der Waals surface area contributed by atoms with Crippen molar-refractivity contribution in [3.8, 4) is 5.75 Å². The summed E-state index contributed by atoms with van der Waals surface area (Å²) in [5.74, 6) is 1.48. The van der Waals surface area contributed by atoms with Crippen LogP contribution in [0.3, 0.4) is 0 Å². The van der Waals surface area contributed by atoms with Gasteiger partial charge in [0, 0.05) is 17.5 Å². The number of phenols is 1. The molecule has 2 fully saturated rings. The topological polar surface area (TPSA) is 49.3 Å². The summed E-state index contributed by atoms with van der Waals surface area (Å²) in [6.45, 7) is 2.84. The second-order valence-corrected chi connectivity index (χ2v) is 7.75. The number of aryl methyl sites for hydroxylation is 1. The van der Waals surface area contributed by atoms with Crippen LogP contribution in [0.5, 0.6) is 5.75 Å². The second kappa shape index (κ2) is 6.38. The van der Waals surface area contributed by atoms with Gasteiger partial charge in [-0.15, -0.1) is 0 Å². The minimum atomic E-state index is 0.0997. The standard InChI is InChI=1S/C21H22ClNO2/c1-12-10-14(22)4-7-16(12)17-8-9-18-19(11-23-21(18)25)20(17)13-2-5-15(24)6-3-13/h2-7,10,17-20,24H,8-9,11H2,1H3,(H,23,25). The lowest BCUT2D eigenvalue weighted by Crippen LogP contribution is -2.32. The zero-order chi connectivity index (χ0) is 17.6. The molecule has 1 saturated carbocycles. The van der Waals surface area contributed by atoms with Crippen LogP contribution in [0.2, 0.25) is 5.02 Å². The van der Waals surface area contributed by atoms with Gasteiger partial charge < -0.3 is 10.4 Å². The second-order valence-electron chi connectivity index (χ2n) is 7.32. The molecule has 0 radical (unpaired) electrons. The fourth-order valence-corrected chi connectivity index (χ4v) is 5.05. The van der Waals surface area contributed by atoms with E-state index in [1.807, 2.05) is 24.3 Å². The first-order valence-electron chi connectivity index (χ1n) is 8.87. The number of nitrogens with one attached hydrogen (secondary N) is 1. The van der Waals surface area contributed by atoms with Crippen LogP contribution in [-0.4, -0.2) is 17.6 Å². The van der Waals surface area contributed by atoms with Crippen LogP contribution in [0.15, 0.2) is 42.5 Å². The number of carbonyl (C=O) groups excluding carboxylic acids is 1. The molecule has 2 N–H and O–H groups in total. The third-order valence-electron chi connectivity index (χ3n) is 5.96. The molecule has 2 aromatic carbocycles. The van der Waals surface area contributed by atoms with Crippen LogP contribution < -0.4 is 5.32 Å². The highest BCUT2D eigenvalue weighted by Crippen LogP contribution is 2.51. The minimum absolute atomic E-state index is 0.0997. The Bertz CT molecular complexity index is 802. The lowest BCUT2D eigenvalue weighted by atomic mass is 9.63. The molecular formula is C21H22ClNO2. The van der Waals surface area contributed by atoms with E-state index in [9.17, 15) is 9.90 Å². The van der Waals surface area contributed by atoms with E-state index in [0.29, 0.717) is 11.8 Å².